The van der Waals surface area contributed by atoms with E-state index < -0.39 is 12.7 Å². The second-order valence-corrected chi connectivity index (χ2v) is 5.90. The lowest BCUT2D eigenvalue weighted by molar-refractivity contribution is -0.146. The fourth-order valence-electron chi connectivity index (χ4n) is 2.87. The molecule has 1 aliphatic rings. The van der Waals surface area contributed by atoms with Crippen LogP contribution >= 0.6 is 0 Å². The Kier molecular flexibility index (Phi) is 4.67. The van der Waals surface area contributed by atoms with Crippen LogP contribution < -0.4 is 10.6 Å². The van der Waals surface area contributed by atoms with Gasteiger partial charge in [0.1, 0.15) is 5.75 Å². The van der Waals surface area contributed by atoms with Crippen molar-refractivity contribution in [2.45, 2.75) is 6.18 Å². The van der Waals surface area contributed by atoms with E-state index >= 15 is 0 Å². The first-order valence-corrected chi connectivity index (χ1v) is 7.79. The number of rotatable bonds is 3. The monoisotopic (exact) mass is 353 g/mol. The smallest absolute Gasteiger partial charge is 0.401 e. The van der Waals surface area contributed by atoms with Crippen LogP contribution in [0.15, 0.2) is 30.3 Å². The van der Waals surface area contributed by atoms with Crippen molar-refractivity contribution in [3.63, 3.8) is 0 Å². The summed E-state index contributed by atoms with van der Waals surface area (Å²) in [6.45, 7) is 0.479. The lowest BCUT2D eigenvalue weighted by Crippen LogP contribution is -2.49. The number of hydrogen-bond donors (Lipinski definition) is 2. The predicted octanol–water partition coefficient (Wildman–Crippen LogP) is 2.12. The van der Waals surface area contributed by atoms with Gasteiger partial charge in [-0.3, -0.25) is 4.90 Å². The molecule has 0 unspecified atom stereocenters. The third-order valence-electron chi connectivity index (χ3n) is 4.10. The zero-order valence-corrected chi connectivity index (χ0v) is 13.4. The number of halogens is 3. The first-order valence-electron chi connectivity index (χ1n) is 7.79. The van der Waals surface area contributed by atoms with Gasteiger partial charge in [-0.1, -0.05) is 12.1 Å². The zero-order valence-electron chi connectivity index (χ0n) is 13.4. The summed E-state index contributed by atoms with van der Waals surface area (Å²) in [5.41, 5.74) is 7.49. The minimum Gasteiger partial charge on any atom is -0.507 e. The van der Waals surface area contributed by atoms with Crippen LogP contribution in [-0.2, 0) is 0 Å². The SMILES string of the molecule is Nc1nnc(-c2ccccc2O)cc1N1CCN(CC(F)(F)F)CC1. The van der Waals surface area contributed by atoms with Crippen molar-refractivity contribution in [1.29, 1.82) is 0 Å². The molecule has 134 valence electrons. The van der Waals surface area contributed by atoms with Gasteiger partial charge in [-0.05, 0) is 18.2 Å². The van der Waals surface area contributed by atoms with Gasteiger partial charge in [0.05, 0.1) is 17.9 Å². The molecule has 6 nitrogen and oxygen atoms in total. The number of anilines is 2. The normalized spacial score (nSPS) is 16.2. The second-order valence-electron chi connectivity index (χ2n) is 5.90. The molecule has 0 spiro atoms. The van der Waals surface area contributed by atoms with Crippen molar-refractivity contribution in [2.75, 3.05) is 43.4 Å². The number of hydrogen-bond acceptors (Lipinski definition) is 6. The number of para-hydroxylation sites is 1. The van der Waals surface area contributed by atoms with E-state index in [0.29, 0.717) is 30.0 Å². The Bertz CT molecular complexity index is 745. The number of nitrogen functional groups attached to an aromatic ring is 1. The first kappa shape index (κ1) is 17.3. The van der Waals surface area contributed by atoms with E-state index in [2.05, 4.69) is 10.2 Å². The predicted molar refractivity (Wildman–Crippen MR) is 88.3 cm³/mol. The van der Waals surface area contributed by atoms with Gasteiger partial charge in [-0.2, -0.15) is 13.2 Å². The second kappa shape index (κ2) is 6.75. The van der Waals surface area contributed by atoms with E-state index in [9.17, 15) is 18.3 Å². The summed E-state index contributed by atoms with van der Waals surface area (Å²) in [7, 11) is 0. The molecular formula is C16H18F3N5O. The van der Waals surface area contributed by atoms with E-state index in [-0.39, 0.29) is 24.7 Å². The highest BCUT2D eigenvalue weighted by atomic mass is 19.4. The van der Waals surface area contributed by atoms with Crippen molar-refractivity contribution in [1.82, 2.24) is 15.1 Å². The van der Waals surface area contributed by atoms with Crippen molar-refractivity contribution in [2.24, 2.45) is 0 Å². The number of nitrogens with zero attached hydrogens (tertiary/aromatic N) is 4. The number of piperazine rings is 1. The number of phenolic OH excluding ortho intramolecular Hbond substituents is 1. The summed E-state index contributed by atoms with van der Waals surface area (Å²) < 4.78 is 37.5. The summed E-state index contributed by atoms with van der Waals surface area (Å²) in [4.78, 5) is 3.26. The average molecular weight is 353 g/mol. The number of alkyl halides is 3. The molecule has 0 aliphatic carbocycles. The zero-order chi connectivity index (χ0) is 18.0. The van der Waals surface area contributed by atoms with Gasteiger partial charge in [0.2, 0.25) is 0 Å². The van der Waals surface area contributed by atoms with Crippen molar-refractivity contribution >= 4 is 11.5 Å². The minimum atomic E-state index is -4.20. The molecule has 1 aliphatic heterocycles. The third-order valence-corrected chi connectivity index (χ3v) is 4.10. The fourth-order valence-corrected chi connectivity index (χ4v) is 2.87. The molecule has 0 saturated carbocycles. The highest BCUT2D eigenvalue weighted by Crippen LogP contribution is 2.31. The van der Waals surface area contributed by atoms with Crippen LogP contribution in [0.2, 0.25) is 0 Å². The Balaban J connectivity index is 1.77. The molecule has 0 bridgehead atoms. The fraction of sp³-hybridized carbons (Fsp3) is 0.375. The van der Waals surface area contributed by atoms with Gasteiger partial charge >= 0.3 is 6.18 Å². The molecule has 25 heavy (non-hydrogen) atoms. The molecular weight excluding hydrogens is 335 g/mol. The maximum absolute atomic E-state index is 12.5. The third kappa shape index (κ3) is 4.11. The van der Waals surface area contributed by atoms with E-state index in [1.807, 2.05) is 4.90 Å². The molecule has 3 N–H and O–H groups in total. The van der Waals surface area contributed by atoms with Crippen LogP contribution in [0.3, 0.4) is 0 Å². The maximum atomic E-state index is 12.5. The molecule has 1 aromatic heterocycles. The molecule has 0 amide bonds. The Morgan fingerprint density at radius 1 is 1.08 bits per heavy atom. The molecule has 0 radical (unpaired) electrons. The summed E-state index contributed by atoms with van der Waals surface area (Å²) in [5.74, 6) is 0.283. The number of benzene rings is 1. The quantitative estimate of drug-likeness (QED) is 0.880. The molecule has 2 heterocycles. The highest BCUT2D eigenvalue weighted by Gasteiger charge is 2.32. The van der Waals surface area contributed by atoms with Crippen molar-refractivity contribution in [3.8, 4) is 17.0 Å². The summed E-state index contributed by atoms with van der Waals surface area (Å²) in [6, 6.07) is 8.42. The largest absolute Gasteiger partial charge is 0.507 e. The summed E-state index contributed by atoms with van der Waals surface area (Å²) >= 11 is 0. The Morgan fingerprint density at radius 3 is 2.40 bits per heavy atom. The van der Waals surface area contributed by atoms with E-state index in [1.54, 1.807) is 30.3 Å². The van der Waals surface area contributed by atoms with Crippen LogP contribution in [0.1, 0.15) is 0 Å². The van der Waals surface area contributed by atoms with E-state index in [4.69, 9.17) is 5.73 Å². The first-order chi connectivity index (χ1) is 11.8. The summed E-state index contributed by atoms with van der Waals surface area (Å²) in [6.07, 6.45) is -4.20. The minimum absolute atomic E-state index is 0.0718. The molecule has 1 saturated heterocycles. The molecule has 1 aromatic carbocycles. The van der Waals surface area contributed by atoms with E-state index in [0.717, 1.165) is 0 Å². The van der Waals surface area contributed by atoms with Crippen LogP contribution in [0.5, 0.6) is 5.75 Å². The van der Waals surface area contributed by atoms with Crippen LogP contribution in [-0.4, -0.2) is 59.1 Å². The van der Waals surface area contributed by atoms with Crippen LogP contribution in [0.25, 0.3) is 11.3 Å². The average Bonchev–Trinajstić information content (AvgIpc) is 2.55. The standard InChI is InChI=1S/C16H18F3N5O/c17-16(18,19)10-23-5-7-24(8-6-23)13-9-12(21-22-15(13)20)11-3-1-2-4-14(11)25/h1-4,9,25H,5-8,10H2,(H2,20,22). The maximum Gasteiger partial charge on any atom is 0.401 e. The van der Waals surface area contributed by atoms with E-state index in [1.165, 1.54) is 4.90 Å². The Morgan fingerprint density at radius 2 is 1.76 bits per heavy atom. The molecule has 2 aromatic rings. The van der Waals surface area contributed by atoms with Gasteiger partial charge in [0.15, 0.2) is 5.82 Å². The lowest BCUT2D eigenvalue weighted by Gasteiger charge is -2.36. The topological polar surface area (TPSA) is 78.5 Å². The van der Waals surface area contributed by atoms with Gasteiger partial charge in [0, 0.05) is 31.7 Å². The Labute approximate surface area is 142 Å². The molecule has 1 fully saturated rings. The number of aromatic nitrogens is 2. The van der Waals surface area contributed by atoms with Gasteiger partial charge < -0.3 is 15.7 Å². The Hall–Kier alpha value is -2.55. The van der Waals surface area contributed by atoms with Crippen molar-refractivity contribution in [3.05, 3.63) is 30.3 Å². The lowest BCUT2D eigenvalue weighted by atomic mass is 10.1. The molecule has 0 atom stereocenters. The van der Waals surface area contributed by atoms with Gasteiger partial charge in [-0.15, -0.1) is 10.2 Å². The van der Waals surface area contributed by atoms with Crippen LogP contribution in [0, 0.1) is 0 Å². The number of phenols is 1. The number of nitrogens with two attached hydrogens (primary N) is 1. The molecule has 9 heteroatoms. The highest BCUT2D eigenvalue weighted by molar-refractivity contribution is 5.74. The van der Waals surface area contributed by atoms with Crippen molar-refractivity contribution < 1.29 is 18.3 Å². The molecule has 3 rings (SSSR count). The van der Waals surface area contributed by atoms with Gasteiger partial charge in [0.25, 0.3) is 0 Å². The van der Waals surface area contributed by atoms with Gasteiger partial charge in [-0.25, -0.2) is 0 Å². The number of aromatic hydroxyl groups is 1. The summed E-state index contributed by atoms with van der Waals surface area (Å²) in [5, 5.41) is 17.9. The van der Waals surface area contributed by atoms with Crippen LogP contribution in [0.4, 0.5) is 24.7 Å².